The van der Waals surface area contributed by atoms with E-state index >= 15 is 0 Å². The molecule has 100 valence electrons. The van der Waals surface area contributed by atoms with Crippen LogP contribution in [0.4, 0.5) is 0 Å². The molecule has 0 unspecified atom stereocenters. The minimum atomic E-state index is -0.465. The number of pyridine rings is 1. The highest BCUT2D eigenvalue weighted by molar-refractivity contribution is 7.16. The lowest BCUT2D eigenvalue weighted by molar-refractivity contribution is 0.0344. The smallest absolute Gasteiger partial charge is 0.340 e. The van der Waals surface area contributed by atoms with Crippen molar-refractivity contribution < 1.29 is 9.53 Å². The molecule has 0 radical (unpaired) electrons. The summed E-state index contributed by atoms with van der Waals surface area (Å²) < 4.78 is 7.32. The van der Waals surface area contributed by atoms with Gasteiger partial charge >= 0.3 is 5.97 Å². The summed E-state index contributed by atoms with van der Waals surface area (Å²) in [5.41, 5.74) is 0.172. The van der Waals surface area contributed by atoms with Gasteiger partial charge in [-0.3, -0.25) is 4.79 Å². The number of aryl methyl sites for hydroxylation is 1. The number of hydrogen-bond donors (Lipinski definition) is 0. The van der Waals surface area contributed by atoms with E-state index in [2.05, 4.69) is 0 Å². The van der Waals surface area contributed by atoms with E-state index in [1.54, 1.807) is 20.0 Å². The van der Waals surface area contributed by atoms with Crippen molar-refractivity contribution in [2.24, 2.45) is 7.05 Å². The Morgan fingerprint density at radius 1 is 1.37 bits per heavy atom. The Labute approximate surface area is 119 Å². The second-order valence-electron chi connectivity index (χ2n) is 4.06. The fourth-order valence-electron chi connectivity index (χ4n) is 1.55. The van der Waals surface area contributed by atoms with Crippen LogP contribution in [-0.2, 0) is 11.8 Å². The van der Waals surface area contributed by atoms with Crippen molar-refractivity contribution >= 4 is 28.9 Å². The molecule has 0 spiro atoms. The number of hydrogen-bond acceptors (Lipinski definition) is 4. The first-order valence-corrected chi connectivity index (χ1v) is 6.79. The molecule has 0 aromatic carbocycles. The van der Waals surface area contributed by atoms with Crippen LogP contribution < -0.4 is 5.56 Å². The van der Waals surface area contributed by atoms with E-state index in [9.17, 15) is 9.59 Å². The van der Waals surface area contributed by atoms with Gasteiger partial charge in [0.1, 0.15) is 6.10 Å². The molecule has 0 saturated heterocycles. The topological polar surface area (TPSA) is 48.3 Å². The number of carbonyl (C=O) groups is 1. The molecule has 2 heterocycles. The Kier molecular flexibility index (Phi) is 4.07. The van der Waals surface area contributed by atoms with E-state index in [0.717, 1.165) is 4.88 Å². The Morgan fingerprint density at radius 3 is 2.68 bits per heavy atom. The third kappa shape index (κ3) is 3.24. The molecule has 0 bridgehead atoms. The molecule has 0 fully saturated rings. The van der Waals surface area contributed by atoms with Crippen molar-refractivity contribution in [3.63, 3.8) is 0 Å². The third-order valence-corrected chi connectivity index (χ3v) is 3.99. The van der Waals surface area contributed by atoms with Gasteiger partial charge in [0.2, 0.25) is 5.56 Å². The van der Waals surface area contributed by atoms with Crippen LogP contribution in [0.2, 0.25) is 4.34 Å². The molecule has 0 saturated carbocycles. The van der Waals surface area contributed by atoms with Crippen LogP contribution in [-0.4, -0.2) is 10.5 Å². The first kappa shape index (κ1) is 13.8. The van der Waals surface area contributed by atoms with Crippen molar-refractivity contribution in [1.29, 1.82) is 0 Å². The highest BCUT2D eigenvalue weighted by Crippen LogP contribution is 2.29. The summed E-state index contributed by atoms with van der Waals surface area (Å²) in [7, 11) is 1.58. The van der Waals surface area contributed by atoms with Crippen molar-refractivity contribution in [1.82, 2.24) is 4.57 Å². The number of nitrogens with zero attached hydrogens (tertiary/aromatic N) is 1. The maximum atomic E-state index is 11.9. The summed E-state index contributed by atoms with van der Waals surface area (Å²) in [6.07, 6.45) is 1.08. The van der Waals surface area contributed by atoms with E-state index in [-0.39, 0.29) is 11.7 Å². The normalized spacial score (nSPS) is 12.2. The monoisotopic (exact) mass is 297 g/mol. The van der Waals surface area contributed by atoms with E-state index < -0.39 is 5.97 Å². The molecule has 2 rings (SSSR count). The summed E-state index contributed by atoms with van der Waals surface area (Å²) in [4.78, 5) is 24.0. The second kappa shape index (κ2) is 5.59. The van der Waals surface area contributed by atoms with E-state index in [1.807, 2.05) is 6.07 Å². The average Bonchev–Trinajstić information content (AvgIpc) is 2.79. The summed E-state index contributed by atoms with van der Waals surface area (Å²) in [5.74, 6) is -0.465. The van der Waals surface area contributed by atoms with Crippen molar-refractivity contribution in [2.75, 3.05) is 0 Å². The first-order chi connectivity index (χ1) is 8.97. The van der Waals surface area contributed by atoms with Gasteiger partial charge in [0, 0.05) is 24.2 Å². The largest absolute Gasteiger partial charge is 0.453 e. The predicted molar refractivity (Wildman–Crippen MR) is 74.8 cm³/mol. The van der Waals surface area contributed by atoms with Gasteiger partial charge in [-0.1, -0.05) is 11.6 Å². The van der Waals surface area contributed by atoms with Crippen LogP contribution in [0.3, 0.4) is 0 Å². The van der Waals surface area contributed by atoms with Crippen LogP contribution >= 0.6 is 22.9 Å². The van der Waals surface area contributed by atoms with Gasteiger partial charge in [-0.25, -0.2) is 4.79 Å². The van der Waals surface area contributed by atoms with Crippen molar-refractivity contribution in [3.05, 3.63) is 55.6 Å². The Morgan fingerprint density at radius 2 is 2.11 bits per heavy atom. The number of aromatic nitrogens is 1. The zero-order valence-corrected chi connectivity index (χ0v) is 12.0. The van der Waals surface area contributed by atoms with Gasteiger partial charge < -0.3 is 9.30 Å². The van der Waals surface area contributed by atoms with Gasteiger partial charge in [0.05, 0.1) is 9.90 Å². The molecule has 0 aliphatic carbocycles. The number of halogens is 1. The summed E-state index contributed by atoms with van der Waals surface area (Å²) in [6, 6.07) is 6.38. The van der Waals surface area contributed by atoms with Gasteiger partial charge in [-0.05, 0) is 25.1 Å². The summed E-state index contributed by atoms with van der Waals surface area (Å²) >= 11 is 7.21. The average molecular weight is 298 g/mol. The summed E-state index contributed by atoms with van der Waals surface area (Å²) in [5, 5.41) is 0. The lowest BCUT2D eigenvalue weighted by Gasteiger charge is -2.11. The highest BCUT2D eigenvalue weighted by atomic mass is 35.5. The molecule has 2 aromatic rings. The van der Waals surface area contributed by atoms with E-state index in [1.165, 1.54) is 34.2 Å². The molecule has 19 heavy (non-hydrogen) atoms. The standard InChI is InChI=1S/C13H12ClNO3S/c1-8(10-4-5-11(14)19-10)18-13(17)9-3-6-12(16)15(2)7-9/h3-8H,1-2H3/t8-/m1/s1. The quantitative estimate of drug-likeness (QED) is 0.818. The van der Waals surface area contributed by atoms with Crippen LogP contribution in [0.5, 0.6) is 0 Å². The number of esters is 1. The van der Waals surface area contributed by atoms with Gasteiger partial charge in [-0.15, -0.1) is 11.3 Å². The molecule has 0 aliphatic rings. The Balaban J connectivity index is 2.12. The van der Waals surface area contributed by atoms with Crippen LogP contribution in [0.25, 0.3) is 0 Å². The van der Waals surface area contributed by atoms with Crippen molar-refractivity contribution in [3.8, 4) is 0 Å². The third-order valence-electron chi connectivity index (χ3n) is 2.60. The Hall–Kier alpha value is -1.59. The molecule has 1 atom stereocenters. The number of carbonyl (C=O) groups excluding carboxylic acids is 1. The number of thiophene rings is 1. The van der Waals surface area contributed by atoms with Crippen LogP contribution in [0.15, 0.2) is 35.3 Å². The number of rotatable bonds is 3. The fraction of sp³-hybridized carbons (Fsp3) is 0.231. The molecular formula is C13H12ClNO3S. The van der Waals surface area contributed by atoms with Gasteiger partial charge in [0.15, 0.2) is 0 Å². The minimum Gasteiger partial charge on any atom is -0.453 e. The first-order valence-electron chi connectivity index (χ1n) is 5.60. The Bertz CT molecular complexity index is 662. The zero-order valence-electron chi connectivity index (χ0n) is 10.4. The van der Waals surface area contributed by atoms with E-state index in [4.69, 9.17) is 16.3 Å². The fourth-order valence-corrected chi connectivity index (χ4v) is 2.59. The predicted octanol–water partition coefficient (Wildman–Crippen LogP) is 3.02. The molecule has 0 N–H and O–H groups in total. The lowest BCUT2D eigenvalue weighted by atomic mass is 10.2. The lowest BCUT2D eigenvalue weighted by Crippen LogP contribution is -2.17. The summed E-state index contributed by atoms with van der Waals surface area (Å²) in [6.45, 7) is 1.78. The maximum absolute atomic E-state index is 11.9. The molecule has 4 nitrogen and oxygen atoms in total. The van der Waals surface area contributed by atoms with Crippen LogP contribution in [0, 0.1) is 0 Å². The highest BCUT2D eigenvalue weighted by Gasteiger charge is 2.15. The van der Waals surface area contributed by atoms with Gasteiger partial charge in [-0.2, -0.15) is 0 Å². The molecule has 6 heteroatoms. The maximum Gasteiger partial charge on any atom is 0.340 e. The molecule has 0 aliphatic heterocycles. The van der Waals surface area contributed by atoms with E-state index in [0.29, 0.717) is 9.90 Å². The SMILES string of the molecule is C[C@@H](OC(=O)c1ccc(=O)n(C)c1)c1ccc(Cl)s1. The molecule has 0 amide bonds. The number of ether oxygens (including phenoxy) is 1. The van der Waals surface area contributed by atoms with Crippen molar-refractivity contribution in [2.45, 2.75) is 13.0 Å². The van der Waals surface area contributed by atoms with Gasteiger partial charge in [0.25, 0.3) is 0 Å². The zero-order chi connectivity index (χ0) is 14.0. The molecule has 2 aromatic heterocycles. The second-order valence-corrected chi connectivity index (χ2v) is 5.80. The van der Waals surface area contributed by atoms with Crippen LogP contribution in [0.1, 0.15) is 28.3 Å². The minimum absolute atomic E-state index is 0.172. The molecular weight excluding hydrogens is 286 g/mol.